The molecule has 2 heteroatoms. The molecule has 0 aromatic heterocycles. The summed E-state index contributed by atoms with van der Waals surface area (Å²) in [6.07, 6.45) is 3.03. The van der Waals surface area contributed by atoms with Crippen molar-refractivity contribution in [2.45, 2.75) is 37.6 Å². The first-order valence-corrected chi connectivity index (χ1v) is 11.9. The van der Waals surface area contributed by atoms with Crippen LogP contribution in [0.2, 0.25) is 0 Å². The molecule has 34 heavy (non-hydrogen) atoms. The molecule has 1 N–H and O–H groups in total. The number of rotatable bonds is 11. The zero-order chi connectivity index (χ0) is 23.6. The molecule has 0 radical (unpaired) electrons. The van der Waals surface area contributed by atoms with Gasteiger partial charge in [-0.25, -0.2) is 0 Å². The average molecular weight is 448 g/mol. The van der Waals surface area contributed by atoms with E-state index < -0.39 is 5.60 Å². The monoisotopic (exact) mass is 447 g/mol. The zero-order valence-electron chi connectivity index (χ0n) is 19.6. The Balaban J connectivity index is 1.81. The molecule has 0 saturated carbocycles. The van der Waals surface area contributed by atoms with E-state index in [1.807, 2.05) is 54.6 Å². The second-order valence-corrected chi connectivity index (χ2v) is 8.86. The van der Waals surface area contributed by atoms with Gasteiger partial charge in [0, 0.05) is 19.1 Å². The van der Waals surface area contributed by atoms with Crippen molar-refractivity contribution in [3.05, 3.63) is 156 Å². The van der Waals surface area contributed by atoms with Gasteiger partial charge in [0.05, 0.1) is 0 Å². The van der Waals surface area contributed by atoms with Crippen molar-refractivity contribution >= 4 is 0 Å². The molecule has 0 unspecified atom stereocenters. The highest BCUT2D eigenvalue weighted by molar-refractivity contribution is 5.29. The van der Waals surface area contributed by atoms with Gasteiger partial charge in [-0.1, -0.05) is 127 Å². The Bertz CT molecular complexity index is 1090. The lowest BCUT2D eigenvalue weighted by Gasteiger charge is -2.43. The third-order valence-electron chi connectivity index (χ3n) is 6.45. The minimum absolute atomic E-state index is 0.171. The maximum atomic E-state index is 12.4. The van der Waals surface area contributed by atoms with Crippen LogP contribution < -0.4 is 0 Å². The second-order valence-electron chi connectivity index (χ2n) is 8.86. The van der Waals surface area contributed by atoms with Crippen LogP contribution in [0.15, 0.2) is 134 Å². The van der Waals surface area contributed by atoms with Crippen LogP contribution in [0.3, 0.4) is 0 Å². The fourth-order valence-electron chi connectivity index (χ4n) is 4.74. The van der Waals surface area contributed by atoms with Crippen LogP contribution in [0.5, 0.6) is 0 Å². The lowest BCUT2D eigenvalue weighted by atomic mass is 9.79. The summed E-state index contributed by atoms with van der Waals surface area (Å²) < 4.78 is 0. The average Bonchev–Trinajstić information content (AvgIpc) is 2.89. The Hall–Kier alpha value is -3.46. The van der Waals surface area contributed by atoms with Crippen LogP contribution in [-0.2, 0) is 25.1 Å². The Morgan fingerprint density at radius 2 is 1.06 bits per heavy atom. The standard InChI is InChI=1S/C32H33NO/c1-2-23-32(34,30-21-13-6-14-22-30)31(24-27-15-7-3-8-16-27)33(25-28-17-9-4-10-18-28)26-29-19-11-5-12-20-29/h2-22,31,34H,1,23-26H2/t31-,32-/m0/s1. The van der Waals surface area contributed by atoms with Crippen LogP contribution in [0.25, 0.3) is 0 Å². The van der Waals surface area contributed by atoms with E-state index >= 15 is 0 Å². The summed E-state index contributed by atoms with van der Waals surface area (Å²) in [5.41, 5.74) is 3.48. The van der Waals surface area contributed by atoms with Gasteiger partial charge < -0.3 is 5.11 Å². The van der Waals surface area contributed by atoms with E-state index in [0.29, 0.717) is 6.42 Å². The number of benzene rings is 4. The molecule has 4 aromatic rings. The highest BCUT2D eigenvalue weighted by atomic mass is 16.3. The van der Waals surface area contributed by atoms with Gasteiger partial charge in [0.2, 0.25) is 0 Å². The molecule has 0 amide bonds. The summed E-state index contributed by atoms with van der Waals surface area (Å²) >= 11 is 0. The molecule has 172 valence electrons. The van der Waals surface area contributed by atoms with Crippen molar-refractivity contribution in [2.24, 2.45) is 0 Å². The van der Waals surface area contributed by atoms with Gasteiger partial charge in [-0.3, -0.25) is 4.90 Å². The number of aliphatic hydroxyl groups is 1. The highest BCUT2D eigenvalue weighted by Crippen LogP contribution is 2.36. The molecule has 0 aliphatic heterocycles. The lowest BCUT2D eigenvalue weighted by molar-refractivity contribution is -0.0579. The first-order valence-electron chi connectivity index (χ1n) is 11.9. The summed E-state index contributed by atoms with van der Waals surface area (Å²) in [6, 6.07) is 41.4. The smallest absolute Gasteiger partial charge is 0.109 e. The maximum absolute atomic E-state index is 12.4. The predicted octanol–water partition coefficient (Wildman–Crippen LogP) is 6.76. The minimum atomic E-state index is -1.09. The van der Waals surface area contributed by atoms with Crippen molar-refractivity contribution in [1.82, 2.24) is 4.90 Å². The third kappa shape index (κ3) is 5.91. The first kappa shape index (κ1) is 23.7. The number of hydrogen-bond acceptors (Lipinski definition) is 2. The Kier molecular flexibility index (Phi) is 8.08. The molecule has 0 spiro atoms. The molecule has 4 rings (SSSR count). The summed E-state index contributed by atoms with van der Waals surface area (Å²) in [7, 11) is 0. The molecule has 2 nitrogen and oxygen atoms in total. The topological polar surface area (TPSA) is 23.5 Å². The molecular formula is C32H33NO. The van der Waals surface area contributed by atoms with Gasteiger partial charge in [0.25, 0.3) is 0 Å². The summed E-state index contributed by atoms with van der Waals surface area (Å²) in [5.74, 6) is 0. The maximum Gasteiger partial charge on any atom is 0.109 e. The molecule has 0 aliphatic rings. The molecule has 2 atom stereocenters. The Morgan fingerprint density at radius 1 is 0.647 bits per heavy atom. The van der Waals surface area contributed by atoms with Gasteiger partial charge in [-0.2, -0.15) is 0 Å². The predicted molar refractivity (Wildman–Crippen MR) is 141 cm³/mol. The van der Waals surface area contributed by atoms with Crippen LogP contribution in [0.4, 0.5) is 0 Å². The van der Waals surface area contributed by atoms with Gasteiger partial charge in [0.15, 0.2) is 0 Å². The molecule has 0 bridgehead atoms. The quantitative estimate of drug-likeness (QED) is 0.257. The summed E-state index contributed by atoms with van der Waals surface area (Å²) in [6.45, 7) is 5.48. The SMILES string of the molecule is C=CC[C@](O)(c1ccccc1)[C@H](Cc1ccccc1)N(Cc1ccccc1)Cc1ccccc1. The number of hydrogen-bond donors (Lipinski definition) is 1. The lowest BCUT2D eigenvalue weighted by Crippen LogP contribution is -2.51. The van der Waals surface area contributed by atoms with Crippen LogP contribution in [0.1, 0.15) is 28.7 Å². The van der Waals surface area contributed by atoms with Gasteiger partial charge in [-0.05, 0) is 35.1 Å². The van der Waals surface area contributed by atoms with E-state index in [9.17, 15) is 5.11 Å². The Labute approximate surface area is 203 Å². The van der Waals surface area contributed by atoms with Crippen LogP contribution in [-0.4, -0.2) is 16.0 Å². The molecule has 0 heterocycles. The van der Waals surface area contributed by atoms with Crippen molar-refractivity contribution in [3.63, 3.8) is 0 Å². The van der Waals surface area contributed by atoms with E-state index in [-0.39, 0.29) is 6.04 Å². The van der Waals surface area contributed by atoms with Crippen molar-refractivity contribution in [2.75, 3.05) is 0 Å². The summed E-state index contributed by atoms with van der Waals surface area (Å²) in [4.78, 5) is 2.42. The van der Waals surface area contributed by atoms with E-state index in [0.717, 1.165) is 25.1 Å². The van der Waals surface area contributed by atoms with Crippen molar-refractivity contribution in [3.8, 4) is 0 Å². The van der Waals surface area contributed by atoms with Crippen molar-refractivity contribution < 1.29 is 5.11 Å². The van der Waals surface area contributed by atoms with Crippen LogP contribution >= 0.6 is 0 Å². The first-order chi connectivity index (χ1) is 16.7. The van der Waals surface area contributed by atoms with Gasteiger partial charge >= 0.3 is 0 Å². The third-order valence-corrected chi connectivity index (χ3v) is 6.45. The fourth-order valence-corrected chi connectivity index (χ4v) is 4.74. The van der Waals surface area contributed by atoms with Crippen LogP contribution in [0, 0.1) is 0 Å². The van der Waals surface area contributed by atoms with E-state index in [4.69, 9.17) is 0 Å². The zero-order valence-corrected chi connectivity index (χ0v) is 19.6. The molecular weight excluding hydrogens is 414 g/mol. The molecule has 4 aromatic carbocycles. The summed E-state index contributed by atoms with van der Waals surface area (Å²) in [5, 5.41) is 12.4. The van der Waals surface area contributed by atoms with Gasteiger partial charge in [0.1, 0.15) is 5.60 Å². The fraction of sp³-hybridized carbons (Fsp3) is 0.188. The van der Waals surface area contributed by atoms with E-state index in [2.05, 4.69) is 84.3 Å². The van der Waals surface area contributed by atoms with E-state index in [1.165, 1.54) is 16.7 Å². The molecule has 0 saturated heterocycles. The normalized spacial score (nSPS) is 13.8. The van der Waals surface area contributed by atoms with Gasteiger partial charge in [-0.15, -0.1) is 6.58 Å². The Morgan fingerprint density at radius 3 is 1.50 bits per heavy atom. The highest BCUT2D eigenvalue weighted by Gasteiger charge is 2.41. The minimum Gasteiger partial charge on any atom is -0.383 e. The number of nitrogens with zero attached hydrogens (tertiary/aromatic N) is 1. The van der Waals surface area contributed by atoms with E-state index in [1.54, 1.807) is 0 Å². The molecule has 0 aliphatic carbocycles. The second kappa shape index (κ2) is 11.6. The largest absolute Gasteiger partial charge is 0.383 e. The van der Waals surface area contributed by atoms with Crippen molar-refractivity contribution in [1.29, 1.82) is 0 Å². The molecule has 0 fully saturated rings.